The highest BCUT2D eigenvalue weighted by atomic mass is 16.2. The molecule has 0 atom stereocenters. The van der Waals surface area contributed by atoms with E-state index < -0.39 is 0 Å². The lowest BCUT2D eigenvalue weighted by Crippen LogP contribution is -2.41. The Hall–Kier alpha value is -1.88. The van der Waals surface area contributed by atoms with Crippen LogP contribution in [-0.2, 0) is 16.1 Å². The number of nitrogens with one attached hydrogen (secondary N) is 1. The van der Waals surface area contributed by atoms with E-state index in [-0.39, 0.29) is 23.9 Å². The summed E-state index contributed by atoms with van der Waals surface area (Å²) in [6.07, 6.45) is 4.19. The van der Waals surface area contributed by atoms with E-state index in [0.717, 1.165) is 31.2 Å². The number of nitrogens with two attached hydrogens (primary N) is 1. The molecule has 2 rings (SSSR count). The highest BCUT2D eigenvalue weighted by molar-refractivity contribution is 5.78. The zero-order valence-corrected chi connectivity index (χ0v) is 13.8. The summed E-state index contributed by atoms with van der Waals surface area (Å²) in [6, 6.07) is 10.3. The summed E-state index contributed by atoms with van der Waals surface area (Å²) in [5, 5.41) is 3.07. The molecule has 1 aromatic rings. The number of nitrogens with zero attached hydrogens (tertiary/aromatic N) is 1. The van der Waals surface area contributed by atoms with Gasteiger partial charge >= 0.3 is 0 Å². The molecule has 5 heteroatoms. The second kappa shape index (κ2) is 8.67. The number of carbonyl (C=O) groups is 2. The zero-order valence-electron chi connectivity index (χ0n) is 13.8. The lowest BCUT2D eigenvalue weighted by molar-refractivity contribution is -0.130. The Kier molecular flexibility index (Phi) is 6.59. The van der Waals surface area contributed by atoms with Crippen molar-refractivity contribution in [1.29, 1.82) is 0 Å². The van der Waals surface area contributed by atoms with Crippen molar-refractivity contribution in [3.05, 3.63) is 35.9 Å². The molecule has 0 radical (unpaired) electrons. The molecular formula is C18H27N3O2. The molecule has 0 aromatic heterocycles. The average molecular weight is 317 g/mol. The van der Waals surface area contributed by atoms with Crippen molar-refractivity contribution in [1.82, 2.24) is 10.2 Å². The third kappa shape index (κ3) is 6.02. The predicted molar refractivity (Wildman–Crippen MR) is 90.5 cm³/mol. The fourth-order valence-electron chi connectivity index (χ4n) is 2.95. The lowest BCUT2D eigenvalue weighted by Gasteiger charge is -2.27. The van der Waals surface area contributed by atoms with E-state index in [0.29, 0.717) is 19.5 Å². The molecule has 23 heavy (non-hydrogen) atoms. The molecule has 1 fully saturated rings. The molecule has 1 saturated carbocycles. The molecule has 0 bridgehead atoms. The first-order valence-electron chi connectivity index (χ1n) is 8.39. The van der Waals surface area contributed by atoms with Gasteiger partial charge < -0.3 is 16.0 Å². The molecule has 1 aromatic carbocycles. The van der Waals surface area contributed by atoms with Gasteiger partial charge in [-0.3, -0.25) is 9.59 Å². The maximum Gasteiger partial charge on any atom is 0.221 e. The summed E-state index contributed by atoms with van der Waals surface area (Å²) in [6.45, 7) is 2.54. The van der Waals surface area contributed by atoms with Crippen LogP contribution in [0, 0.1) is 0 Å². The minimum Gasteiger partial charge on any atom is -0.353 e. The Morgan fingerprint density at radius 1 is 1.17 bits per heavy atom. The monoisotopic (exact) mass is 317 g/mol. The molecule has 1 aliphatic rings. The van der Waals surface area contributed by atoms with Crippen LogP contribution in [0.5, 0.6) is 0 Å². The van der Waals surface area contributed by atoms with Crippen molar-refractivity contribution in [2.45, 2.75) is 57.7 Å². The normalized spacial score (nSPS) is 20.8. The molecule has 0 unspecified atom stereocenters. The third-order valence-corrected chi connectivity index (χ3v) is 4.41. The maximum atomic E-state index is 12.1. The van der Waals surface area contributed by atoms with Gasteiger partial charge in [-0.25, -0.2) is 0 Å². The minimum atomic E-state index is -0.00899. The van der Waals surface area contributed by atoms with Crippen LogP contribution in [-0.4, -0.2) is 35.3 Å². The summed E-state index contributed by atoms with van der Waals surface area (Å²) >= 11 is 0. The SMILES string of the molecule is CC(=O)N(CCC(=O)NC1CCC(N)CC1)Cc1ccccc1. The molecular weight excluding hydrogens is 290 g/mol. The first kappa shape index (κ1) is 17.5. The smallest absolute Gasteiger partial charge is 0.221 e. The first-order chi connectivity index (χ1) is 11.0. The van der Waals surface area contributed by atoms with Gasteiger partial charge in [0.15, 0.2) is 0 Å². The van der Waals surface area contributed by atoms with Gasteiger partial charge in [-0.15, -0.1) is 0 Å². The average Bonchev–Trinajstić information content (AvgIpc) is 2.54. The fraction of sp³-hybridized carbons (Fsp3) is 0.556. The van der Waals surface area contributed by atoms with Crippen molar-refractivity contribution >= 4 is 11.8 Å². The van der Waals surface area contributed by atoms with Crippen molar-refractivity contribution in [2.75, 3.05) is 6.54 Å². The Bertz CT molecular complexity index is 510. The van der Waals surface area contributed by atoms with Crippen molar-refractivity contribution in [2.24, 2.45) is 5.73 Å². The van der Waals surface area contributed by atoms with Gasteiger partial charge in [0.25, 0.3) is 0 Å². The number of rotatable bonds is 6. The topological polar surface area (TPSA) is 75.4 Å². The molecule has 0 saturated heterocycles. The number of hydrogen-bond acceptors (Lipinski definition) is 3. The molecule has 0 heterocycles. The van der Waals surface area contributed by atoms with E-state index in [1.807, 2.05) is 30.3 Å². The van der Waals surface area contributed by atoms with Crippen LogP contribution < -0.4 is 11.1 Å². The van der Waals surface area contributed by atoms with Gasteiger partial charge in [0, 0.05) is 38.5 Å². The molecule has 0 spiro atoms. The quantitative estimate of drug-likeness (QED) is 0.840. The molecule has 0 aliphatic heterocycles. The molecule has 2 amide bonds. The highest BCUT2D eigenvalue weighted by Crippen LogP contribution is 2.17. The van der Waals surface area contributed by atoms with Gasteiger partial charge in [-0.1, -0.05) is 30.3 Å². The predicted octanol–water partition coefficient (Wildman–Crippen LogP) is 1.81. The van der Waals surface area contributed by atoms with Crippen molar-refractivity contribution in [3.63, 3.8) is 0 Å². The largest absolute Gasteiger partial charge is 0.353 e. The maximum absolute atomic E-state index is 12.1. The number of carbonyl (C=O) groups excluding carboxylic acids is 2. The van der Waals surface area contributed by atoms with Gasteiger partial charge in [0.05, 0.1) is 0 Å². The van der Waals surface area contributed by atoms with Gasteiger partial charge in [0.1, 0.15) is 0 Å². The summed E-state index contributed by atoms with van der Waals surface area (Å²) in [5.74, 6) is 0.00933. The Labute approximate surface area is 138 Å². The van der Waals surface area contributed by atoms with Crippen LogP contribution in [0.25, 0.3) is 0 Å². The first-order valence-corrected chi connectivity index (χ1v) is 8.39. The molecule has 5 nitrogen and oxygen atoms in total. The number of benzene rings is 1. The van der Waals surface area contributed by atoms with E-state index in [9.17, 15) is 9.59 Å². The van der Waals surface area contributed by atoms with E-state index in [2.05, 4.69) is 5.32 Å². The van der Waals surface area contributed by atoms with Crippen LogP contribution in [0.3, 0.4) is 0 Å². The van der Waals surface area contributed by atoms with Gasteiger partial charge in [-0.05, 0) is 31.2 Å². The van der Waals surface area contributed by atoms with Crippen LogP contribution in [0.4, 0.5) is 0 Å². The van der Waals surface area contributed by atoms with Crippen LogP contribution in [0.15, 0.2) is 30.3 Å². The summed E-state index contributed by atoms with van der Waals surface area (Å²) in [5.41, 5.74) is 6.95. The van der Waals surface area contributed by atoms with E-state index in [1.165, 1.54) is 0 Å². The Balaban J connectivity index is 1.77. The Morgan fingerprint density at radius 2 is 1.83 bits per heavy atom. The van der Waals surface area contributed by atoms with E-state index in [4.69, 9.17) is 5.73 Å². The van der Waals surface area contributed by atoms with E-state index >= 15 is 0 Å². The van der Waals surface area contributed by atoms with Crippen LogP contribution in [0.2, 0.25) is 0 Å². The lowest BCUT2D eigenvalue weighted by atomic mass is 9.92. The van der Waals surface area contributed by atoms with Gasteiger partial charge in [0.2, 0.25) is 11.8 Å². The second-order valence-corrected chi connectivity index (χ2v) is 6.36. The van der Waals surface area contributed by atoms with Crippen molar-refractivity contribution in [3.8, 4) is 0 Å². The summed E-state index contributed by atoms with van der Waals surface area (Å²) in [4.78, 5) is 25.6. The highest BCUT2D eigenvalue weighted by Gasteiger charge is 2.20. The molecule has 1 aliphatic carbocycles. The van der Waals surface area contributed by atoms with Crippen LogP contribution in [0.1, 0.15) is 44.6 Å². The Morgan fingerprint density at radius 3 is 2.43 bits per heavy atom. The molecule has 3 N–H and O–H groups in total. The third-order valence-electron chi connectivity index (χ3n) is 4.41. The number of amides is 2. The molecule has 126 valence electrons. The number of hydrogen-bond donors (Lipinski definition) is 2. The van der Waals surface area contributed by atoms with E-state index in [1.54, 1.807) is 11.8 Å². The summed E-state index contributed by atoms with van der Waals surface area (Å²) in [7, 11) is 0. The fourth-order valence-corrected chi connectivity index (χ4v) is 2.95. The van der Waals surface area contributed by atoms with Crippen molar-refractivity contribution < 1.29 is 9.59 Å². The zero-order chi connectivity index (χ0) is 16.7. The minimum absolute atomic E-state index is 0.00899. The second-order valence-electron chi connectivity index (χ2n) is 6.36. The van der Waals surface area contributed by atoms with Gasteiger partial charge in [-0.2, -0.15) is 0 Å². The van der Waals surface area contributed by atoms with Crippen LogP contribution >= 0.6 is 0 Å². The summed E-state index contributed by atoms with van der Waals surface area (Å²) < 4.78 is 0. The standard InChI is InChI=1S/C18H27N3O2/c1-14(22)21(13-15-5-3-2-4-6-15)12-11-18(23)20-17-9-7-16(19)8-10-17/h2-6,16-17H,7-13,19H2,1H3,(H,20,23).